The van der Waals surface area contributed by atoms with E-state index < -0.39 is 0 Å². The van der Waals surface area contributed by atoms with Crippen LogP contribution in [0.3, 0.4) is 0 Å². The Balaban J connectivity index is 1.78. The average Bonchev–Trinajstić information content (AvgIpc) is 2.70. The molecule has 1 saturated carbocycles. The van der Waals surface area contributed by atoms with Crippen molar-refractivity contribution >= 4 is 0 Å². The summed E-state index contributed by atoms with van der Waals surface area (Å²) in [7, 11) is 0. The quantitative estimate of drug-likeness (QED) is 0.794. The maximum atomic E-state index is 6.32. The smallest absolute Gasteiger partial charge is 0.0673 e. The van der Waals surface area contributed by atoms with Crippen molar-refractivity contribution < 1.29 is 4.74 Å². The van der Waals surface area contributed by atoms with Gasteiger partial charge in [-0.2, -0.15) is 0 Å². The van der Waals surface area contributed by atoms with E-state index in [-0.39, 0.29) is 0 Å². The molecule has 3 heteroatoms. The topological polar surface area (TPSA) is 38.5 Å². The summed E-state index contributed by atoms with van der Waals surface area (Å²) in [5, 5.41) is 0. The molecule has 3 nitrogen and oxygen atoms in total. The minimum Gasteiger partial charge on any atom is -0.377 e. The molecule has 2 atom stereocenters. The number of rotatable bonds is 3. The highest BCUT2D eigenvalue weighted by Crippen LogP contribution is 2.27. The summed E-state index contributed by atoms with van der Waals surface area (Å²) >= 11 is 0. The van der Waals surface area contributed by atoms with Crippen LogP contribution in [0, 0.1) is 5.92 Å². The van der Waals surface area contributed by atoms with Gasteiger partial charge in [-0.3, -0.25) is 4.90 Å². The van der Waals surface area contributed by atoms with Crippen molar-refractivity contribution in [1.29, 1.82) is 0 Å². The molecule has 2 rings (SSSR count). The largest absolute Gasteiger partial charge is 0.377 e. The summed E-state index contributed by atoms with van der Waals surface area (Å²) in [5.41, 5.74) is 6.32. The fraction of sp³-hybridized carbons (Fsp3) is 1.00. The van der Waals surface area contributed by atoms with Crippen LogP contribution in [0.1, 0.15) is 39.0 Å². The summed E-state index contributed by atoms with van der Waals surface area (Å²) in [6.45, 7) is 6.36. The molecule has 1 saturated heterocycles. The molecule has 2 aliphatic rings. The first-order valence-electron chi connectivity index (χ1n) is 6.85. The molecule has 1 aliphatic carbocycles. The molecule has 0 aromatic heterocycles. The summed E-state index contributed by atoms with van der Waals surface area (Å²) in [6, 6.07) is 0.382. The van der Waals surface area contributed by atoms with Crippen LogP contribution in [0.15, 0.2) is 0 Å². The summed E-state index contributed by atoms with van der Waals surface area (Å²) < 4.78 is 5.66. The third kappa shape index (κ3) is 3.44. The molecule has 0 spiro atoms. The van der Waals surface area contributed by atoms with Crippen molar-refractivity contribution in [3.63, 3.8) is 0 Å². The van der Waals surface area contributed by atoms with Gasteiger partial charge in [0.25, 0.3) is 0 Å². The van der Waals surface area contributed by atoms with E-state index in [0.29, 0.717) is 12.1 Å². The lowest BCUT2D eigenvalue weighted by Gasteiger charge is -2.28. The first kappa shape index (κ1) is 12.3. The van der Waals surface area contributed by atoms with Crippen molar-refractivity contribution in [2.45, 2.75) is 51.2 Å². The summed E-state index contributed by atoms with van der Waals surface area (Å²) in [4.78, 5) is 2.50. The van der Waals surface area contributed by atoms with Gasteiger partial charge in [-0.05, 0) is 32.1 Å². The van der Waals surface area contributed by atoms with Crippen LogP contribution in [0.5, 0.6) is 0 Å². The molecule has 1 heterocycles. The fourth-order valence-corrected chi connectivity index (χ4v) is 3.08. The van der Waals surface area contributed by atoms with Gasteiger partial charge < -0.3 is 10.5 Å². The van der Waals surface area contributed by atoms with Crippen LogP contribution in [0.4, 0.5) is 0 Å². The molecule has 0 aromatic carbocycles. The minimum absolute atomic E-state index is 0.373. The van der Waals surface area contributed by atoms with Gasteiger partial charge in [-0.1, -0.05) is 12.8 Å². The van der Waals surface area contributed by atoms with E-state index >= 15 is 0 Å². The van der Waals surface area contributed by atoms with Crippen LogP contribution >= 0.6 is 0 Å². The number of hydrogen-bond donors (Lipinski definition) is 1. The Hall–Kier alpha value is -0.120. The number of ether oxygens (including phenoxy) is 1. The maximum absolute atomic E-state index is 6.32. The van der Waals surface area contributed by atoms with Crippen LogP contribution < -0.4 is 5.73 Å². The summed E-state index contributed by atoms with van der Waals surface area (Å²) in [5.74, 6) is 0.777. The van der Waals surface area contributed by atoms with Crippen molar-refractivity contribution in [3.8, 4) is 0 Å². The molecule has 2 fully saturated rings. The van der Waals surface area contributed by atoms with Gasteiger partial charge in [0.2, 0.25) is 0 Å². The van der Waals surface area contributed by atoms with Crippen molar-refractivity contribution in [2.75, 3.05) is 26.2 Å². The molecular weight excluding hydrogens is 200 g/mol. The SMILES string of the molecule is CC1CN(CC(N)C2CCCC2)CCCO1. The van der Waals surface area contributed by atoms with Gasteiger partial charge in [-0.15, -0.1) is 0 Å². The molecule has 0 aromatic rings. The monoisotopic (exact) mass is 226 g/mol. The normalized spacial score (nSPS) is 31.5. The van der Waals surface area contributed by atoms with Gasteiger partial charge in [-0.25, -0.2) is 0 Å². The first-order valence-corrected chi connectivity index (χ1v) is 6.85. The molecule has 0 bridgehead atoms. The number of nitrogens with two attached hydrogens (primary N) is 1. The van der Waals surface area contributed by atoms with Gasteiger partial charge in [0.1, 0.15) is 0 Å². The van der Waals surface area contributed by atoms with E-state index in [1.54, 1.807) is 0 Å². The Morgan fingerprint density at radius 3 is 2.81 bits per heavy atom. The summed E-state index contributed by atoms with van der Waals surface area (Å²) in [6.07, 6.45) is 7.00. The lowest BCUT2D eigenvalue weighted by atomic mass is 9.98. The van der Waals surface area contributed by atoms with Crippen LogP contribution in [-0.2, 0) is 4.74 Å². The average molecular weight is 226 g/mol. The highest BCUT2D eigenvalue weighted by Gasteiger charge is 2.25. The van der Waals surface area contributed by atoms with E-state index in [0.717, 1.165) is 38.6 Å². The van der Waals surface area contributed by atoms with E-state index in [1.807, 2.05) is 0 Å². The molecule has 0 radical (unpaired) electrons. The van der Waals surface area contributed by atoms with E-state index in [4.69, 9.17) is 10.5 Å². The van der Waals surface area contributed by atoms with Gasteiger partial charge in [0.05, 0.1) is 6.10 Å². The minimum atomic E-state index is 0.373. The zero-order valence-corrected chi connectivity index (χ0v) is 10.5. The zero-order valence-electron chi connectivity index (χ0n) is 10.5. The Morgan fingerprint density at radius 1 is 1.31 bits per heavy atom. The van der Waals surface area contributed by atoms with Gasteiger partial charge in [0, 0.05) is 32.3 Å². The molecule has 2 unspecified atom stereocenters. The van der Waals surface area contributed by atoms with Crippen LogP contribution in [0.2, 0.25) is 0 Å². The standard InChI is InChI=1S/C13H26N2O/c1-11-9-15(7-4-8-16-11)10-13(14)12-5-2-3-6-12/h11-13H,2-10,14H2,1H3. The predicted octanol–water partition coefficient (Wildman–Crippen LogP) is 1.61. The number of nitrogens with zero attached hydrogens (tertiary/aromatic N) is 1. The lowest BCUT2D eigenvalue weighted by molar-refractivity contribution is 0.0661. The molecule has 0 amide bonds. The van der Waals surface area contributed by atoms with Crippen LogP contribution in [-0.4, -0.2) is 43.3 Å². The van der Waals surface area contributed by atoms with Crippen LogP contribution in [0.25, 0.3) is 0 Å². The molecule has 16 heavy (non-hydrogen) atoms. The van der Waals surface area contributed by atoms with Crippen molar-refractivity contribution in [1.82, 2.24) is 4.90 Å². The zero-order chi connectivity index (χ0) is 11.4. The molecule has 2 N–H and O–H groups in total. The second-order valence-corrected chi connectivity index (χ2v) is 5.50. The second-order valence-electron chi connectivity index (χ2n) is 5.50. The Bertz CT molecular complexity index is 204. The van der Waals surface area contributed by atoms with E-state index in [9.17, 15) is 0 Å². The Labute approximate surface area is 99.3 Å². The van der Waals surface area contributed by atoms with E-state index in [1.165, 1.54) is 25.7 Å². The highest BCUT2D eigenvalue weighted by molar-refractivity contribution is 4.81. The molecular formula is C13H26N2O. The first-order chi connectivity index (χ1) is 7.75. The number of hydrogen-bond acceptors (Lipinski definition) is 3. The highest BCUT2D eigenvalue weighted by atomic mass is 16.5. The lowest BCUT2D eigenvalue weighted by Crippen LogP contribution is -2.43. The maximum Gasteiger partial charge on any atom is 0.0673 e. The third-order valence-corrected chi connectivity index (χ3v) is 4.01. The van der Waals surface area contributed by atoms with Gasteiger partial charge in [0.15, 0.2) is 0 Å². The molecule has 94 valence electrons. The van der Waals surface area contributed by atoms with Gasteiger partial charge >= 0.3 is 0 Å². The van der Waals surface area contributed by atoms with E-state index in [2.05, 4.69) is 11.8 Å². The van der Waals surface area contributed by atoms with Crippen molar-refractivity contribution in [3.05, 3.63) is 0 Å². The predicted molar refractivity (Wildman–Crippen MR) is 66.4 cm³/mol. The second kappa shape index (κ2) is 5.99. The third-order valence-electron chi connectivity index (χ3n) is 4.01. The van der Waals surface area contributed by atoms with Crippen molar-refractivity contribution in [2.24, 2.45) is 11.7 Å². The fourth-order valence-electron chi connectivity index (χ4n) is 3.08. The Kier molecular flexibility index (Phi) is 4.62. The Morgan fingerprint density at radius 2 is 2.06 bits per heavy atom. The molecule has 1 aliphatic heterocycles.